The average molecular weight is 199 g/mol. The fourth-order valence-electron chi connectivity index (χ4n) is 2.31. The van der Waals surface area contributed by atoms with E-state index in [9.17, 15) is 0 Å². The Labute approximate surface area is 86.2 Å². The number of hydrogen-bond acceptors (Lipinski definition) is 3. The molecule has 2 rings (SSSR count). The highest BCUT2D eigenvalue weighted by Gasteiger charge is 2.21. The van der Waals surface area contributed by atoms with E-state index in [4.69, 9.17) is 9.47 Å². The Balaban J connectivity index is 1.64. The topological polar surface area (TPSA) is 30.5 Å². The first-order chi connectivity index (χ1) is 6.84. The van der Waals surface area contributed by atoms with E-state index < -0.39 is 0 Å². The van der Waals surface area contributed by atoms with Crippen molar-refractivity contribution in [3.8, 4) is 0 Å². The zero-order valence-corrected chi connectivity index (χ0v) is 9.00. The van der Waals surface area contributed by atoms with Gasteiger partial charge in [0.25, 0.3) is 0 Å². The molecule has 0 aliphatic carbocycles. The number of piperidine rings is 1. The van der Waals surface area contributed by atoms with Crippen LogP contribution in [0.3, 0.4) is 0 Å². The Morgan fingerprint density at radius 1 is 1.43 bits per heavy atom. The van der Waals surface area contributed by atoms with Crippen LogP contribution < -0.4 is 5.32 Å². The lowest BCUT2D eigenvalue weighted by Crippen LogP contribution is -2.37. The van der Waals surface area contributed by atoms with Gasteiger partial charge in [-0.15, -0.1) is 0 Å². The van der Waals surface area contributed by atoms with Gasteiger partial charge in [0.15, 0.2) is 0 Å². The van der Waals surface area contributed by atoms with Crippen LogP contribution in [0.2, 0.25) is 0 Å². The minimum atomic E-state index is 0.368. The molecule has 0 aromatic rings. The summed E-state index contributed by atoms with van der Waals surface area (Å²) in [5, 5.41) is 3.45. The van der Waals surface area contributed by atoms with Crippen molar-refractivity contribution < 1.29 is 9.47 Å². The summed E-state index contributed by atoms with van der Waals surface area (Å²) in [6.07, 6.45) is 2.75. The molecule has 0 spiro atoms. The second-order valence-corrected chi connectivity index (χ2v) is 4.68. The van der Waals surface area contributed by atoms with Gasteiger partial charge in [-0.05, 0) is 31.2 Å². The molecule has 82 valence electrons. The van der Waals surface area contributed by atoms with Crippen LogP contribution in [0.1, 0.15) is 19.8 Å². The van der Waals surface area contributed by atoms with Crippen molar-refractivity contribution in [1.82, 2.24) is 5.32 Å². The molecule has 2 aliphatic rings. The fraction of sp³-hybridized carbons (Fsp3) is 1.00. The van der Waals surface area contributed by atoms with Crippen LogP contribution in [-0.4, -0.2) is 39.0 Å². The summed E-state index contributed by atoms with van der Waals surface area (Å²) in [4.78, 5) is 0. The molecule has 14 heavy (non-hydrogen) atoms. The van der Waals surface area contributed by atoms with Crippen molar-refractivity contribution in [3.63, 3.8) is 0 Å². The van der Waals surface area contributed by atoms with Crippen molar-refractivity contribution in [2.45, 2.75) is 25.9 Å². The molecule has 0 saturated carbocycles. The normalized spacial score (nSPS) is 38.8. The summed E-state index contributed by atoms with van der Waals surface area (Å²) in [5.41, 5.74) is 0. The summed E-state index contributed by atoms with van der Waals surface area (Å²) >= 11 is 0. The molecule has 2 fully saturated rings. The van der Waals surface area contributed by atoms with Crippen molar-refractivity contribution in [1.29, 1.82) is 0 Å². The van der Waals surface area contributed by atoms with Gasteiger partial charge in [0, 0.05) is 13.2 Å². The van der Waals surface area contributed by atoms with Gasteiger partial charge in [0.2, 0.25) is 0 Å². The molecule has 0 aromatic carbocycles. The molecule has 2 saturated heterocycles. The van der Waals surface area contributed by atoms with Crippen molar-refractivity contribution >= 4 is 0 Å². The van der Waals surface area contributed by atoms with E-state index >= 15 is 0 Å². The molecular formula is C11H21NO2. The third kappa shape index (κ3) is 2.94. The summed E-state index contributed by atoms with van der Waals surface area (Å²) in [5.74, 6) is 1.51. The molecule has 3 atom stereocenters. The van der Waals surface area contributed by atoms with Crippen LogP contribution in [0.4, 0.5) is 0 Å². The third-order valence-corrected chi connectivity index (χ3v) is 3.12. The monoisotopic (exact) mass is 199 g/mol. The maximum atomic E-state index is 5.83. The maximum absolute atomic E-state index is 5.83. The second-order valence-electron chi connectivity index (χ2n) is 4.68. The van der Waals surface area contributed by atoms with Gasteiger partial charge in [0.1, 0.15) is 0 Å². The lowest BCUT2D eigenvalue weighted by Gasteiger charge is -2.28. The molecule has 3 heteroatoms. The molecule has 3 nitrogen and oxygen atoms in total. The van der Waals surface area contributed by atoms with Gasteiger partial charge in [-0.2, -0.15) is 0 Å². The van der Waals surface area contributed by atoms with E-state index in [1.807, 2.05) is 0 Å². The third-order valence-electron chi connectivity index (χ3n) is 3.12. The number of rotatable bonds is 3. The lowest BCUT2D eigenvalue weighted by atomic mass is 9.92. The molecule has 0 aromatic heterocycles. The molecule has 0 radical (unpaired) electrons. The first kappa shape index (κ1) is 10.4. The minimum Gasteiger partial charge on any atom is -0.379 e. The predicted molar refractivity (Wildman–Crippen MR) is 55.3 cm³/mol. The van der Waals surface area contributed by atoms with Crippen LogP contribution in [-0.2, 0) is 9.47 Å². The Morgan fingerprint density at radius 3 is 3.07 bits per heavy atom. The van der Waals surface area contributed by atoms with Crippen LogP contribution in [0.15, 0.2) is 0 Å². The number of nitrogens with one attached hydrogen (secondary N) is 1. The second kappa shape index (κ2) is 5.10. The Hall–Kier alpha value is -0.120. The largest absolute Gasteiger partial charge is 0.379 e. The van der Waals surface area contributed by atoms with Crippen molar-refractivity contribution in [2.75, 3.05) is 32.9 Å². The summed E-state index contributed by atoms with van der Waals surface area (Å²) in [6, 6.07) is 0. The van der Waals surface area contributed by atoms with Crippen LogP contribution >= 0.6 is 0 Å². The Bertz CT molecular complexity index is 169. The van der Waals surface area contributed by atoms with E-state index in [0.717, 1.165) is 38.7 Å². The SMILES string of the molecule is CC1CNCC(COC2CCOC2)C1. The maximum Gasteiger partial charge on any atom is 0.0830 e. The van der Waals surface area contributed by atoms with E-state index in [-0.39, 0.29) is 0 Å². The Morgan fingerprint density at radius 2 is 2.36 bits per heavy atom. The number of ether oxygens (including phenoxy) is 2. The highest BCUT2D eigenvalue weighted by atomic mass is 16.5. The molecule has 2 aliphatic heterocycles. The Kier molecular flexibility index (Phi) is 3.79. The zero-order valence-electron chi connectivity index (χ0n) is 9.00. The van der Waals surface area contributed by atoms with E-state index in [2.05, 4.69) is 12.2 Å². The highest BCUT2D eigenvalue weighted by molar-refractivity contribution is 4.74. The molecule has 0 amide bonds. The van der Waals surface area contributed by atoms with Gasteiger partial charge in [-0.3, -0.25) is 0 Å². The first-order valence-electron chi connectivity index (χ1n) is 5.74. The van der Waals surface area contributed by atoms with E-state index in [1.165, 1.54) is 13.0 Å². The highest BCUT2D eigenvalue weighted by Crippen LogP contribution is 2.18. The molecule has 0 bridgehead atoms. The molecule has 3 unspecified atom stereocenters. The standard InChI is InChI=1S/C11H21NO2/c1-9-4-10(6-12-5-9)7-14-11-2-3-13-8-11/h9-12H,2-8H2,1H3. The quantitative estimate of drug-likeness (QED) is 0.736. The van der Waals surface area contributed by atoms with Gasteiger partial charge in [0.05, 0.1) is 19.3 Å². The predicted octanol–water partition coefficient (Wildman–Crippen LogP) is 1.04. The molecule has 1 N–H and O–H groups in total. The minimum absolute atomic E-state index is 0.368. The first-order valence-corrected chi connectivity index (χ1v) is 5.74. The smallest absolute Gasteiger partial charge is 0.0830 e. The van der Waals surface area contributed by atoms with Crippen molar-refractivity contribution in [3.05, 3.63) is 0 Å². The van der Waals surface area contributed by atoms with Crippen LogP contribution in [0, 0.1) is 11.8 Å². The van der Waals surface area contributed by atoms with E-state index in [1.54, 1.807) is 0 Å². The van der Waals surface area contributed by atoms with Gasteiger partial charge < -0.3 is 14.8 Å². The van der Waals surface area contributed by atoms with Gasteiger partial charge in [-0.25, -0.2) is 0 Å². The zero-order chi connectivity index (χ0) is 9.80. The summed E-state index contributed by atoms with van der Waals surface area (Å²) in [6.45, 7) is 7.18. The average Bonchev–Trinajstić information content (AvgIpc) is 2.67. The van der Waals surface area contributed by atoms with Gasteiger partial charge >= 0.3 is 0 Å². The van der Waals surface area contributed by atoms with E-state index in [0.29, 0.717) is 12.0 Å². The summed E-state index contributed by atoms with van der Waals surface area (Å²) in [7, 11) is 0. The lowest BCUT2D eigenvalue weighted by molar-refractivity contribution is 0.0138. The number of hydrogen-bond donors (Lipinski definition) is 1. The van der Waals surface area contributed by atoms with Crippen LogP contribution in [0.5, 0.6) is 0 Å². The van der Waals surface area contributed by atoms with Crippen LogP contribution in [0.25, 0.3) is 0 Å². The molecule has 2 heterocycles. The summed E-state index contributed by atoms with van der Waals surface area (Å²) < 4.78 is 11.1. The van der Waals surface area contributed by atoms with Gasteiger partial charge in [-0.1, -0.05) is 6.92 Å². The van der Waals surface area contributed by atoms with Crippen molar-refractivity contribution in [2.24, 2.45) is 11.8 Å². The fourth-order valence-corrected chi connectivity index (χ4v) is 2.31. The molecular weight excluding hydrogens is 178 g/mol.